The van der Waals surface area contributed by atoms with Crippen LogP contribution < -0.4 is 11.5 Å². The van der Waals surface area contributed by atoms with Crippen molar-refractivity contribution in [3.63, 3.8) is 0 Å². The summed E-state index contributed by atoms with van der Waals surface area (Å²) in [5.41, 5.74) is 12.9. The number of halogens is 1. The molecule has 1 aliphatic rings. The minimum absolute atomic E-state index is 0.0350. The van der Waals surface area contributed by atoms with Crippen LogP contribution in [0.2, 0.25) is 0 Å². The largest absolute Gasteiger partial charge is 0.465 e. The summed E-state index contributed by atoms with van der Waals surface area (Å²) in [5.74, 6) is -0.339. The van der Waals surface area contributed by atoms with Crippen molar-refractivity contribution in [2.75, 3.05) is 24.6 Å². The number of benzene rings is 1. The number of aromatic nitrogens is 4. The third kappa shape index (κ3) is 2.30. The van der Waals surface area contributed by atoms with Crippen LogP contribution in [0.15, 0.2) is 24.5 Å². The predicted octanol–water partition coefficient (Wildman–Crippen LogP) is 1.33. The number of carboxylic acid groups (broad SMARTS) is 1. The fourth-order valence-electron chi connectivity index (χ4n) is 2.89. The van der Waals surface area contributed by atoms with Crippen LogP contribution in [0.5, 0.6) is 0 Å². The second-order valence-electron chi connectivity index (χ2n) is 5.83. The highest BCUT2D eigenvalue weighted by molar-refractivity contribution is 5.98. The average molecular weight is 343 g/mol. The molecule has 10 heteroatoms. The Kier molecular flexibility index (Phi) is 3.20. The summed E-state index contributed by atoms with van der Waals surface area (Å²) in [7, 11) is 0. The van der Waals surface area contributed by atoms with E-state index in [0.29, 0.717) is 35.4 Å². The van der Waals surface area contributed by atoms with Gasteiger partial charge < -0.3 is 21.5 Å². The Hall–Kier alpha value is -3.43. The molecule has 1 saturated heterocycles. The fraction of sp³-hybridized carbons (Fsp3) is 0.200. The van der Waals surface area contributed by atoms with Crippen LogP contribution in [0.1, 0.15) is 6.04 Å². The Morgan fingerprint density at radius 1 is 1.28 bits per heavy atom. The van der Waals surface area contributed by atoms with Gasteiger partial charge in [0.05, 0.1) is 17.1 Å². The number of nitrogen functional groups attached to an aromatic ring is 2. The van der Waals surface area contributed by atoms with Gasteiger partial charge in [-0.15, -0.1) is 0 Å². The lowest BCUT2D eigenvalue weighted by Crippen LogP contribution is -2.50. The highest BCUT2D eigenvalue weighted by Crippen LogP contribution is 2.34. The maximum absolute atomic E-state index is 13.9. The zero-order chi connectivity index (χ0) is 17.7. The van der Waals surface area contributed by atoms with Crippen molar-refractivity contribution in [1.82, 2.24) is 24.6 Å². The van der Waals surface area contributed by atoms with Crippen LogP contribution in [0.4, 0.5) is 20.7 Å². The molecule has 0 unspecified atom stereocenters. The van der Waals surface area contributed by atoms with Crippen molar-refractivity contribution in [2.24, 2.45) is 0 Å². The van der Waals surface area contributed by atoms with Crippen LogP contribution in [-0.2, 0) is 0 Å². The number of amides is 1. The van der Waals surface area contributed by atoms with Crippen LogP contribution in [0, 0.1) is 5.82 Å². The lowest BCUT2D eigenvalue weighted by molar-refractivity contribution is 0.0827. The van der Waals surface area contributed by atoms with Crippen molar-refractivity contribution in [3.8, 4) is 11.3 Å². The SMILES string of the molecule is Nc1ccc(-c2nn(C3CN(C(=O)O)C3)c3ncnc(N)c23)cc1F. The van der Waals surface area contributed by atoms with E-state index in [4.69, 9.17) is 16.6 Å². The van der Waals surface area contributed by atoms with Crippen molar-refractivity contribution in [1.29, 1.82) is 0 Å². The molecular weight excluding hydrogens is 329 g/mol. The zero-order valence-corrected chi connectivity index (χ0v) is 12.9. The van der Waals surface area contributed by atoms with Gasteiger partial charge in [-0.25, -0.2) is 23.8 Å². The molecule has 1 aliphatic heterocycles. The first-order valence-corrected chi connectivity index (χ1v) is 7.47. The summed E-state index contributed by atoms with van der Waals surface area (Å²) < 4.78 is 15.5. The van der Waals surface area contributed by atoms with Gasteiger partial charge in [0.2, 0.25) is 0 Å². The number of nitrogens with two attached hydrogens (primary N) is 2. The molecule has 2 aromatic heterocycles. The Morgan fingerprint density at radius 3 is 2.72 bits per heavy atom. The number of fused-ring (bicyclic) bond motifs is 1. The molecule has 3 aromatic rings. The molecule has 0 bridgehead atoms. The van der Waals surface area contributed by atoms with E-state index < -0.39 is 11.9 Å². The Morgan fingerprint density at radius 2 is 2.04 bits per heavy atom. The molecule has 4 rings (SSSR count). The van der Waals surface area contributed by atoms with E-state index in [2.05, 4.69) is 15.1 Å². The van der Waals surface area contributed by atoms with Crippen LogP contribution in [0.25, 0.3) is 22.3 Å². The monoisotopic (exact) mass is 343 g/mol. The number of nitrogens with zero attached hydrogens (tertiary/aromatic N) is 5. The minimum Gasteiger partial charge on any atom is -0.465 e. The van der Waals surface area contributed by atoms with E-state index in [1.807, 2.05) is 0 Å². The van der Waals surface area contributed by atoms with Crippen LogP contribution >= 0.6 is 0 Å². The van der Waals surface area contributed by atoms with Gasteiger partial charge >= 0.3 is 6.09 Å². The Bertz CT molecular complexity index is 997. The van der Waals surface area contributed by atoms with Gasteiger partial charge in [0.1, 0.15) is 23.7 Å². The van der Waals surface area contributed by atoms with Gasteiger partial charge in [0.25, 0.3) is 0 Å². The molecule has 0 atom stereocenters. The Balaban J connectivity index is 1.85. The number of hydrogen-bond acceptors (Lipinski definition) is 6. The van der Waals surface area contributed by atoms with Crippen LogP contribution in [0.3, 0.4) is 0 Å². The summed E-state index contributed by atoms with van der Waals surface area (Å²) in [5, 5.41) is 14.0. The quantitative estimate of drug-likeness (QED) is 0.597. The van der Waals surface area contributed by atoms with Gasteiger partial charge in [0, 0.05) is 18.7 Å². The Labute approximate surface area is 140 Å². The lowest BCUT2D eigenvalue weighted by atomic mass is 10.1. The standard InChI is InChI=1S/C15H14FN7O2/c16-9-3-7(1-2-10(9)17)12-11-13(18)19-6-20-14(11)23(21-12)8-4-22(5-8)15(24)25/h1-3,6,8H,4-5,17H2,(H,24,25)(H2,18,19,20). The molecule has 0 radical (unpaired) electrons. The number of rotatable bonds is 2. The number of likely N-dealkylation sites (tertiary alicyclic amines) is 1. The number of anilines is 2. The maximum Gasteiger partial charge on any atom is 0.407 e. The van der Waals surface area contributed by atoms with Crippen molar-refractivity contribution in [3.05, 3.63) is 30.3 Å². The van der Waals surface area contributed by atoms with Gasteiger partial charge in [-0.05, 0) is 12.1 Å². The second kappa shape index (κ2) is 5.30. The molecule has 128 valence electrons. The molecule has 0 aliphatic carbocycles. The van der Waals surface area contributed by atoms with Crippen molar-refractivity contribution < 1.29 is 14.3 Å². The topological polar surface area (TPSA) is 136 Å². The molecule has 3 heterocycles. The van der Waals surface area contributed by atoms with Crippen LogP contribution in [-0.4, -0.2) is 48.9 Å². The first kappa shape index (κ1) is 15.1. The van der Waals surface area contributed by atoms with Crippen molar-refractivity contribution in [2.45, 2.75) is 6.04 Å². The molecule has 9 nitrogen and oxygen atoms in total. The zero-order valence-electron chi connectivity index (χ0n) is 12.9. The number of hydrogen-bond donors (Lipinski definition) is 3. The fourth-order valence-corrected chi connectivity index (χ4v) is 2.89. The molecule has 1 fully saturated rings. The first-order chi connectivity index (χ1) is 12.0. The van der Waals surface area contributed by atoms with E-state index in [1.54, 1.807) is 10.7 Å². The normalized spacial score (nSPS) is 14.7. The third-order valence-corrected chi connectivity index (χ3v) is 4.27. The summed E-state index contributed by atoms with van der Waals surface area (Å²) in [4.78, 5) is 20.4. The molecule has 1 aromatic carbocycles. The average Bonchev–Trinajstić information content (AvgIpc) is 2.89. The van der Waals surface area contributed by atoms with Gasteiger partial charge in [-0.1, -0.05) is 6.07 Å². The number of carbonyl (C=O) groups is 1. The highest BCUT2D eigenvalue weighted by atomic mass is 19.1. The molecule has 1 amide bonds. The van der Waals surface area contributed by atoms with E-state index in [0.717, 1.165) is 0 Å². The van der Waals surface area contributed by atoms with E-state index in [-0.39, 0.29) is 17.5 Å². The van der Waals surface area contributed by atoms with E-state index >= 15 is 0 Å². The smallest absolute Gasteiger partial charge is 0.407 e. The third-order valence-electron chi connectivity index (χ3n) is 4.27. The summed E-state index contributed by atoms with van der Waals surface area (Å²) >= 11 is 0. The van der Waals surface area contributed by atoms with Crippen molar-refractivity contribution >= 4 is 28.6 Å². The molecule has 0 spiro atoms. The highest BCUT2D eigenvalue weighted by Gasteiger charge is 2.34. The van der Waals surface area contributed by atoms with E-state index in [1.165, 1.54) is 23.4 Å². The summed E-state index contributed by atoms with van der Waals surface area (Å²) in [6.45, 7) is 0.594. The molecular formula is C15H14FN7O2. The molecule has 0 saturated carbocycles. The van der Waals surface area contributed by atoms with Gasteiger partial charge in [-0.2, -0.15) is 5.10 Å². The van der Waals surface area contributed by atoms with Gasteiger partial charge in [-0.3, -0.25) is 0 Å². The second-order valence-corrected chi connectivity index (χ2v) is 5.83. The van der Waals surface area contributed by atoms with E-state index in [9.17, 15) is 9.18 Å². The maximum atomic E-state index is 13.9. The summed E-state index contributed by atoms with van der Waals surface area (Å²) in [6, 6.07) is 4.20. The minimum atomic E-state index is -0.984. The lowest BCUT2D eigenvalue weighted by Gasteiger charge is -2.36. The first-order valence-electron chi connectivity index (χ1n) is 7.47. The summed E-state index contributed by atoms with van der Waals surface area (Å²) in [6.07, 6.45) is 0.333. The predicted molar refractivity (Wildman–Crippen MR) is 88.2 cm³/mol. The molecule has 25 heavy (non-hydrogen) atoms. The van der Waals surface area contributed by atoms with Gasteiger partial charge in [0.15, 0.2) is 5.65 Å². The molecule has 5 N–H and O–H groups in total.